The van der Waals surface area contributed by atoms with Gasteiger partial charge < -0.3 is 10.2 Å². The van der Waals surface area contributed by atoms with Crippen molar-refractivity contribution in [3.05, 3.63) is 29.6 Å². The van der Waals surface area contributed by atoms with Gasteiger partial charge in [-0.25, -0.2) is 0 Å². The van der Waals surface area contributed by atoms with E-state index in [1.54, 1.807) is 0 Å². The van der Waals surface area contributed by atoms with Crippen LogP contribution in [0.5, 0.6) is 0 Å². The zero-order valence-electron chi connectivity index (χ0n) is 12.7. The molecule has 116 valence electrons. The van der Waals surface area contributed by atoms with Gasteiger partial charge in [0, 0.05) is 36.3 Å². The normalized spacial score (nSPS) is 35.2. The molecule has 3 atom stereocenters. The summed E-state index contributed by atoms with van der Waals surface area (Å²) in [6.45, 7) is 6.13. The van der Waals surface area contributed by atoms with Crippen LogP contribution in [-0.4, -0.2) is 42.6 Å². The summed E-state index contributed by atoms with van der Waals surface area (Å²) in [5.41, 5.74) is 3.21. The molecular weight excluding hydrogens is 326 g/mol. The highest BCUT2D eigenvalue weighted by Gasteiger charge is 2.42. The molecule has 1 aromatic heterocycles. The van der Waals surface area contributed by atoms with E-state index in [4.69, 9.17) is 4.98 Å². The Balaban J connectivity index is 0.00000132. The van der Waals surface area contributed by atoms with Crippen molar-refractivity contribution in [1.29, 1.82) is 0 Å². The van der Waals surface area contributed by atoms with Gasteiger partial charge in [-0.1, -0.05) is 6.07 Å². The summed E-state index contributed by atoms with van der Waals surface area (Å²) in [5.74, 6) is 0.627. The van der Waals surface area contributed by atoms with Crippen LogP contribution in [0.15, 0.2) is 18.3 Å². The molecule has 4 heterocycles. The minimum atomic E-state index is 0. The third-order valence-electron chi connectivity index (χ3n) is 5.68. The Morgan fingerprint density at radius 2 is 2.14 bits per heavy atom. The number of fused-ring (bicyclic) bond motifs is 2. The molecule has 1 aromatic rings. The van der Waals surface area contributed by atoms with Gasteiger partial charge in [-0.3, -0.25) is 4.98 Å². The SMILES string of the molecule is Br.c1cc(C2CCCNC2)ncc1C12CCCN(CC1)C2. The van der Waals surface area contributed by atoms with Crippen molar-refractivity contribution in [2.75, 3.05) is 32.7 Å². The molecule has 3 unspecified atom stereocenters. The molecule has 4 rings (SSSR count). The van der Waals surface area contributed by atoms with Crippen LogP contribution < -0.4 is 5.32 Å². The van der Waals surface area contributed by atoms with Crippen molar-refractivity contribution < 1.29 is 0 Å². The summed E-state index contributed by atoms with van der Waals surface area (Å²) in [5, 5.41) is 3.49. The molecule has 0 saturated carbocycles. The second-order valence-electron chi connectivity index (χ2n) is 6.93. The lowest BCUT2D eigenvalue weighted by molar-refractivity contribution is 0.243. The van der Waals surface area contributed by atoms with E-state index in [1.807, 2.05) is 0 Å². The maximum absolute atomic E-state index is 4.83. The summed E-state index contributed by atoms with van der Waals surface area (Å²) in [7, 11) is 0. The lowest BCUT2D eigenvalue weighted by Gasteiger charge is -2.34. The van der Waals surface area contributed by atoms with Crippen molar-refractivity contribution in [2.24, 2.45) is 0 Å². The first-order valence-electron chi connectivity index (χ1n) is 8.25. The van der Waals surface area contributed by atoms with Crippen LogP contribution in [0.4, 0.5) is 0 Å². The molecule has 2 bridgehead atoms. The Bertz CT molecular complexity index is 465. The van der Waals surface area contributed by atoms with Gasteiger partial charge in [0.1, 0.15) is 0 Å². The third kappa shape index (κ3) is 2.90. The Morgan fingerprint density at radius 3 is 2.90 bits per heavy atom. The highest BCUT2D eigenvalue weighted by Crippen LogP contribution is 2.42. The fourth-order valence-corrected chi connectivity index (χ4v) is 4.44. The van der Waals surface area contributed by atoms with Gasteiger partial charge in [0.2, 0.25) is 0 Å². The van der Waals surface area contributed by atoms with Crippen molar-refractivity contribution >= 4 is 17.0 Å². The maximum Gasteiger partial charge on any atom is 0.0447 e. The third-order valence-corrected chi connectivity index (χ3v) is 5.68. The van der Waals surface area contributed by atoms with E-state index in [1.165, 1.54) is 69.5 Å². The van der Waals surface area contributed by atoms with Gasteiger partial charge in [0.25, 0.3) is 0 Å². The number of halogens is 1. The Morgan fingerprint density at radius 1 is 1.19 bits per heavy atom. The molecule has 3 aliphatic rings. The zero-order chi connectivity index (χ0) is 13.4. The number of rotatable bonds is 2. The molecule has 3 nitrogen and oxygen atoms in total. The Hall–Kier alpha value is -0.450. The van der Waals surface area contributed by atoms with Gasteiger partial charge in [0.15, 0.2) is 0 Å². The first-order valence-corrected chi connectivity index (χ1v) is 8.25. The molecule has 0 aliphatic carbocycles. The van der Waals surface area contributed by atoms with Crippen LogP contribution in [0.3, 0.4) is 0 Å². The van der Waals surface area contributed by atoms with E-state index in [0.29, 0.717) is 11.3 Å². The summed E-state index contributed by atoms with van der Waals surface area (Å²) >= 11 is 0. The smallest absolute Gasteiger partial charge is 0.0447 e. The maximum atomic E-state index is 4.83. The van der Waals surface area contributed by atoms with Gasteiger partial charge in [-0.05, 0) is 63.4 Å². The van der Waals surface area contributed by atoms with Crippen LogP contribution in [0.2, 0.25) is 0 Å². The Labute approximate surface area is 138 Å². The predicted molar refractivity (Wildman–Crippen MR) is 91.4 cm³/mol. The van der Waals surface area contributed by atoms with E-state index >= 15 is 0 Å². The van der Waals surface area contributed by atoms with E-state index in [0.717, 1.165) is 6.54 Å². The van der Waals surface area contributed by atoms with Crippen molar-refractivity contribution in [2.45, 2.75) is 43.4 Å². The zero-order valence-corrected chi connectivity index (χ0v) is 14.4. The van der Waals surface area contributed by atoms with E-state index in [-0.39, 0.29) is 17.0 Å². The van der Waals surface area contributed by atoms with Crippen LogP contribution in [0.1, 0.15) is 49.3 Å². The molecule has 4 heteroatoms. The second kappa shape index (κ2) is 6.35. The van der Waals surface area contributed by atoms with Crippen LogP contribution >= 0.6 is 17.0 Å². The summed E-state index contributed by atoms with van der Waals surface area (Å²) < 4.78 is 0. The average Bonchev–Trinajstić information content (AvgIpc) is 2.84. The highest BCUT2D eigenvalue weighted by atomic mass is 79.9. The Kier molecular flexibility index (Phi) is 4.67. The topological polar surface area (TPSA) is 28.2 Å². The first-order chi connectivity index (χ1) is 9.86. The van der Waals surface area contributed by atoms with Crippen molar-refractivity contribution in [3.8, 4) is 0 Å². The molecule has 3 aliphatic heterocycles. The number of nitrogens with zero attached hydrogens (tertiary/aromatic N) is 2. The average molecular weight is 352 g/mol. The first kappa shape index (κ1) is 15.4. The summed E-state index contributed by atoms with van der Waals surface area (Å²) in [6, 6.07) is 4.69. The fourth-order valence-electron chi connectivity index (χ4n) is 4.44. The van der Waals surface area contributed by atoms with Crippen LogP contribution in [-0.2, 0) is 5.41 Å². The van der Waals surface area contributed by atoms with Crippen molar-refractivity contribution in [1.82, 2.24) is 15.2 Å². The monoisotopic (exact) mass is 351 g/mol. The lowest BCUT2D eigenvalue weighted by Crippen LogP contribution is -2.37. The molecule has 3 fully saturated rings. The van der Waals surface area contributed by atoms with Crippen LogP contribution in [0.25, 0.3) is 0 Å². The number of hydrogen-bond acceptors (Lipinski definition) is 3. The number of aromatic nitrogens is 1. The molecular formula is C17H26BrN3. The van der Waals surface area contributed by atoms with Gasteiger partial charge >= 0.3 is 0 Å². The molecule has 0 spiro atoms. The van der Waals surface area contributed by atoms with Gasteiger partial charge in [0.05, 0.1) is 0 Å². The summed E-state index contributed by atoms with van der Waals surface area (Å²) in [6.07, 6.45) is 8.81. The van der Waals surface area contributed by atoms with E-state index < -0.39 is 0 Å². The minimum Gasteiger partial charge on any atom is -0.316 e. The number of hydrogen-bond donors (Lipinski definition) is 1. The molecule has 0 aromatic carbocycles. The quantitative estimate of drug-likeness (QED) is 0.887. The predicted octanol–water partition coefficient (Wildman–Crippen LogP) is 2.86. The molecule has 1 N–H and O–H groups in total. The van der Waals surface area contributed by atoms with Crippen molar-refractivity contribution in [3.63, 3.8) is 0 Å². The summed E-state index contributed by atoms with van der Waals surface area (Å²) in [4.78, 5) is 7.46. The minimum absolute atomic E-state index is 0. The molecule has 21 heavy (non-hydrogen) atoms. The lowest BCUT2D eigenvalue weighted by atomic mass is 9.75. The largest absolute Gasteiger partial charge is 0.316 e. The van der Waals surface area contributed by atoms with Crippen LogP contribution in [0, 0.1) is 0 Å². The highest BCUT2D eigenvalue weighted by molar-refractivity contribution is 8.93. The van der Waals surface area contributed by atoms with E-state index in [9.17, 15) is 0 Å². The molecule has 0 radical (unpaired) electrons. The van der Waals surface area contributed by atoms with Gasteiger partial charge in [-0.2, -0.15) is 0 Å². The number of piperidine rings is 2. The second-order valence-corrected chi connectivity index (χ2v) is 6.93. The number of pyridine rings is 1. The molecule has 0 amide bonds. The number of nitrogens with one attached hydrogen (secondary N) is 1. The van der Waals surface area contributed by atoms with Gasteiger partial charge in [-0.15, -0.1) is 17.0 Å². The standard InChI is InChI=1S/C17H25N3.BrH/c1-3-14(11-18-8-1)16-5-4-15(12-19-16)17-6-2-9-20(13-17)10-7-17;/h4-5,12,14,18H,1-3,6-11,13H2;1H. The molecule has 3 saturated heterocycles. The fraction of sp³-hybridized carbons (Fsp3) is 0.706. The van der Waals surface area contributed by atoms with E-state index in [2.05, 4.69) is 28.5 Å².